The second-order valence-electron chi connectivity index (χ2n) is 6.06. The third-order valence-corrected chi connectivity index (χ3v) is 4.84. The molecular formula is C20H21N3O2S. The van der Waals surface area contributed by atoms with E-state index in [0.29, 0.717) is 22.9 Å². The Morgan fingerprint density at radius 1 is 1.35 bits per heavy atom. The molecule has 0 unspecified atom stereocenters. The van der Waals surface area contributed by atoms with Gasteiger partial charge in [-0.25, -0.2) is 4.98 Å². The Labute approximate surface area is 156 Å². The van der Waals surface area contributed by atoms with Crippen LogP contribution < -0.4 is 11.1 Å². The van der Waals surface area contributed by atoms with E-state index in [-0.39, 0.29) is 5.78 Å². The van der Waals surface area contributed by atoms with Gasteiger partial charge in [-0.05, 0) is 25.5 Å². The number of aryl methyl sites for hydroxylation is 1. The molecule has 3 N–H and O–H groups in total. The van der Waals surface area contributed by atoms with E-state index in [9.17, 15) is 4.79 Å². The summed E-state index contributed by atoms with van der Waals surface area (Å²) in [5, 5.41) is 4.86. The minimum absolute atomic E-state index is 0.0557. The lowest BCUT2D eigenvalue weighted by Gasteiger charge is -2.10. The van der Waals surface area contributed by atoms with Crippen LogP contribution in [-0.2, 0) is 11.3 Å². The van der Waals surface area contributed by atoms with E-state index < -0.39 is 0 Å². The van der Waals surface area contributed by atoms with Gasteiger partial charge in [0.25, 0.3) is 0 Å². The van der Waals surface area contributed by atoms with Crippen molar-refractivity contribution in [3.8, 4) is 0 Å². The lowest BCUT2D eigenvalue weighted by molar-refractivity contribution is 0.104. The van der Waals surface area contributed by atoms with E-state index in [1.54, 1.807) is 25.3 Å². The van der Waals surface area contributed by atoms with Crippen LogP contribution in [0.15, 0.2) is 48.2 Å². The second-order valence-corrected chi connectivity index (χ2v) is 7.09. The highest BCUT2D eigenvalue weighted by molar-refractivity contribution is 7.23. The predicted molar refractivity (Wildman–Crippen MR) is 108 cm³/mol. The van der Waals surface area contributed by atoms with Crippen molar-refractivity contribution in [2.45, 2.75) is 20.5 Å². The number of hydrogen-bond acceptors (Lipinski definition) is 6. The number of pyridine rings is 1. The summed E-state index contributed by atoms with van der Waals surface area (Å²) in [6.07, 6.45) is 1.58. The van der Waals surface area contributed by atoms with Gasteiger partial charge in [-0.1, -0.05) is 41.7 Å². The number of carbonyl (C=O) groups is 1. The molecule has 3 rings (SSSR count). The number of allylic oxidation sites excluding steroid dienone is 2. The number of nitrogens with zero attached hydrogens (tertiary/aromatic N) is 1. The van der Waals surface area contributed by atoms with Gasteiger partial charge in [0.1, 0.15) is 9.83 Å². The number of benzene rings is 1. The van der Waals surface area contributed by atoms with E-state index in [1.807, 2.05) is 38.1 Å². The van der Waals surface area contributed by atoms with E-state index in [2.05, 4.69) is 10.3 Å². The van der Waals surface area contributed by atoms with Crippen LogP contribution in [0.5, 0.6) is 0 Å². The molecule has 0 aliphatic heterocycles. The van der Waals surface area contributed by atoms with Crippen LogP contribution in [-0.4, -0.2) is 17.9 Å². The Balaban J connectivity index is 1.96. The summed E-state index contributed by atoms with van der Waals surface area (Å²) in [4.78, 5) is 17.8. The number of nitrogens with one attached hydrogen (secondary N) is 1. The first-order valence-electron chi connectivity index (χ1n) is 8.21. The number of rotatable bonds is 6. The van der Waals surface area contributed by atoms with Crippen LogP contribution in [0.25, 0.3) is 10.2 Å². The van der Waals surface area contributed by atoms with Gasteiger partial charge in [-0.2, -0.15) is 0 Å². The van der Waals surface area contributed by atoms with E-state index in [4.69, 9.17) is 10.5 Å². The quantitative estimate of drug-likeness (QED) is 0.494. The molecule has 0 fully saturated rings. The molecule has 0 spiro atoms. The average Bonchev–Trinajstić information content (AvgIpc) is 2.91. The molecule has 0 atom stereocenters. The molecule has 2 heterocycles. The van der Waals surface area contributed by atoms with Gasteiger partial charge in [0.2, 0.25) is 0 Å². The Hall–Kier alpha value is -2.70. The number of carbonyl (C=O) groups excluding carboxylic acids is 1. The molecule has 0 aliphatic rings. The zero-order valence-corrected chi connectivity index (χ0v) is 15.8. The number of nitrogens with two attached hydrogens (primary N) is 1. The zero-order valence-electron chi connectivity index (χ0n) is 15.0. The van der Waals surface area contributed by atoms with Gasteiger partial charge in [0, 0.05) is 35.5 Å². The molecule has 0 aliphatic carbocycles. The fraction of sp³-hybridized carbons (Fsp3) is 0.200. The number of ketones is 1. The molecule has 0 amide bonds. The van der Waals surface area contributed by atoms with Crippen LogP contribution in [0.1, 0.15) is 28.5 Å². The number of ether oxygens (including phenoxy) is 1. The highest BCUT2D eigenvalue weighted by Gasteiger charge is 2.16. The number of aromatic nitrogens is 1. The summed E-state index contributed by atoms with van der Waals surface area (Å²) in [6, 6.07) is 11.2. The normalized spacial score (nSPS) is 11.7. The maximum Gasteiger partial charge on any atom is 0.187 e. The maximum absolute atomic E-state index is 12.4. The third kappa shape index (κ3) is 3.76. The Morgan fingerprint density at radius 3 is 2.77 bits per heavy atom. The molecule has 0 radical (unpaired) electrons. The monoisotopic (exact) mass is 367 g/mol. The number of methoxy groups -OCH3 is 1. The van der Waals surface area contributed by atoms with Gasteiger partial charge < -0.3 is 15.8 Å². The van der Waals surface area contributed by atoms with Gasteiger partial charge >= 0.3 is 0 Å². The fourth-order valence-electron chi connectivity index (χ4n) is 2.84. The molecule has 5 nitrogen and oxygen atoms in total. The van der Waals surface area contributed by atoms with E-state index in [1.165, 1.54) is 11.3 Å². The van der Waals surface area contributed by atoms with Crippen LogP contribution >= 0.6 is 11.3 Å². The van der Waals surface area contributed by atoms with Gasteiger partial charge in [-0.15, -0.1) is 0 Å². The molecule has 26 heavy (non-hydrogen) atoms. The topological polar surface area (TPSA) is 77.2 Å². The van der Waals surface area contributed by atoms with Crippen LogP contribution in [0.2, 0.25) is 0 Å². The highest BCUT2D eigenvalue weighted by Crippen LogP contribution is 2.40. The highest BCUT2D eigenvalue weighted by atomic mass is 32.1. The molecule has 6 heteroatoms. The minimum atomic E-state index is -0.0557. The van der Waals surface area contributed by atoms with E-state index >= 15 is 0 Å². The van der Waals surface area contributed by atoms with Crippen molar-refractivity contribution in [3.05, 3.63) is 65.0 Å². The molecule has 0 bridgehead atoms. The molecule has 2 aromatic heterocycles. The SMILES string of the molecule is COCc1cc(C)nc2sc(N)c(NC(C)=CC(=O)c3ccccc3)c12. The largest absolute Gasteiger partial charge is 0.389 e. The van der Waals surface area contributed by atoms with Crippen LogP contribution in [0, 0.1) is 6.92 Å². The average molecular weight is 367 g/mol. The number of fused-ring (bicyclic) bond motifs is 1. The maximum atomic E-state index is 12.4. The standard InChI is InChI=1S/C20H21N3O2S/c1-12-9-15(11-25-3)17-18(19(21)26-20(17)23-12)22-13(2)10-16(24)14-7-5-4-6-8-14/h4-10,22H,11,21H2,1-3H3. The lowest BCUT2D eigenvalue weighted by atomic mass is 10.1. The van der Waals surface area contributed by atoms with Crippen molar-refractivity contribution in [3.63, 3.8) is 0 Å². The molecule has 3 aromatic rings. The summed E-state index contributed by atoms with van der Waals surface area (Å²) in [6.45, 7) is 4.27. The smallest absolute Gasteiger partial charge is 0.187 e. The summed E-state index contributed by atoms with van der Waals surface area (Å²) >= 11 is 1.43. The molecule has 134 valence electrons. The summed E-state index contributed by atoms with van der Waals surface area (Å²) in [5.74, 6) is -0.0557. The van der Waals surface area contributed by atoms with Gasteiger partial charge in [0.05, 0.1) is 12.3 Å². The number of anilines is 2. The number of hydrogen-bond donors (Lipinski definition) is 2. The molecule has 0 saturated carbocycles. The molecule has 1 aromatic carbocycles. The van der Waals surface area contributed by atoms with Crippen molar-refractivity contribution < 1.29 is 9.53 Å². The second kappa shape index (κ2) is 7.68. The number of nitrogen functional groups attached to an aromatic ring is 1. The van der Waals surface area contributed by atoms with Crippen LogP contribution in [0.3, 0.4) is 0 Å². The third-order valence-electron chi connectivity index (χ3n) is 3.93. The predicted octanol–water partition coefficient (Wildman–Crippen LogP) is 4.53. The van der Waals surface area contributed by atoms with Crippen LogP contribution in [0.4, 0.5) is 10.7 Å². The Bertz CT molecular complexity index is 978. The minimum Gasteiger partial charge on any atom is -0.389 e. The van der Waals surface area contributed by atoms with Crippen molar-refractivity contribution in [1.82, 2.24) is 4.98 Å². The summed E-state index contributed by atoms with van der Waals surface area (Å²) < 4.78 is 5.32. The van der Waals surface area contributed by atoms with Gasteiger partial charge in [0.15, 0.2) is 5.78 Å². The van der Waals surface area contributed by atoms with Gasteiger partial charge in [-0.3, -0.25) is 4.79 Å². The zero-order chi connectivity index (χ0) is 18.7. The van der Waals surface area contributed by atoms with E-state index in [0.717, 1.165) is 27.2 Å². The fourth-order valence-corrected chi connectivity index (χ4v) is 3.83. The molecular weight excluding hydrogens is 346 g/mol. The summed E-state index contributed by atoms with van der Waals surface area (Å²) in [7, 11) is 1.66. The first-order chi connectivity index (χ1) is 12.5. The number of thiophene rings is 1. The van der Waals surface area contributed by atoms with Crippen molar-refractivity contribution in [1.29, 1.82) is 0 Å². The van der Waals surface area contributed by atoms with Crippen molar-refractivity contribution in [2.75, 3.05) is 18.2 Å². The first kappa shape index (κ1) is 18.1. The Kier molecular flexibility index (Phi) is 5.35. The first-order valence-corrected chi connectivity index (χ1v) is 9.03. The Morgan fingerprint density at radius 2 is 2.08 bits per heavy atom. The lowest BCUT2D eigenvalue weighted by Crippen LogP contribution is -2.03. The molecule has 0 saturated heterocycles. The van der Waals surface area contributed by atoms with Crippen molar-refractivity contribution in [2.24, 2.45) is 0 Å². The summed E-state index contributed by atoms with van der Waals surface area (Å²) in [5.41, 5.74) is 10.3. The van der Waals surface area contributed by atoms with Crippen molar-refractivity contribution >= 4 is 38.0 Å².